The topological polar surface area (TPSA) is 89.6 Å². The fourth-order valence-electron chi connectivity index (χ4n) is 1.16. The summed E-state index contributed by atoms with van der Waals surface area (Å²) in [6.45, 7) is 2.22. The van der Waals surface area contributed by atoms with E-state index in [-0.39, 0.29) is 5.97 Å². The molecule has 17 heavy (non-hydrogen) atoms. The van der Waals surface area contributed by atoms with Crippen LogP contribution in [0.15, 0.2) is 0 Å². The molecule has 0 saturated heterocycles. The van der Waals surface area contributed by atoms with Crippen molar-refractivity contribution in [2.45, 2.75) is 38.6 Å². The van der Waals surface area contributed by atoms with E-state index in [4.69, 9.17) is 15.6 Å². The van der Waals surface area contributed by atoms with Gasteiger partial charge in [0.05, 0.1) is 6.61 Å². The number of aliphatic carboxylic acids is 1. The van der Waals surface area contributed by atoms with Crippen LogP contribution in [0.1, 0.15) is 32.6 Å². The Morgan fingerprint density at radius 2 is 2.06 bits per heavy atom. The minimum absolute atomic E-state index is 0.145. The normalized spacial score (nSPS) is 12.1. The van der Waals surface area contributed by atoms with Crippen LogP contribution in [0.3, 0.4) is 0 Å². The van der Waals surface area contributed by atoms with Crippen LogP contribution in [0, 0.1) is 0 Å². The third kappa shape index (κ3) is 10.1. The third-order valence-corrected chi connectivity index (χ3v) is 3.26. The highest BCUT2D eigenvalue weighted by Gasteiger charge is 2.10. The average molecular weight is 263 g/mol. The number of ether oxygens (including phenoxy) is 1. The fraction of sp³-hybridized carbons (Fsp3) is 0.818. The number of rotatable bonds is 10. The van der Waals surface area contributed by atoms with Crippen molar-refractivity contribution in [3.63, 3.8) is 0 Å². The van der Waals surface area contributed by atoms with Crippen molar-refractivity contribution in [2.24, 2.45) is 5.73 Å². The van der Waals surface area contributed by atoms with Crippen LogP contribution in [0.2, 0.25) is 0 Å². The van der Waals surface area contributed by atoms with Crippen molar-refractivity contribution < 1.29 is 19.4 Å². The van der Waals surface area contributed by atoms with E-state index in [9.17, 15) is 9.59 Å². The zero-order valence-corrected chi connectivity index (χ0v) is 11.0. The highest BCUT2D eigenvalue weighted by Crippen LogP contribution is 2.09. The molecule has 0 aromatic rings. The van der Waals surface area contributed by atoms with E-state index in [0.717, 1.165) is 25.0 Å². The van der Waals surface area contributed by atoms with Crippen LogP contribution in [0.25, 0.3) is 0 Å². The third-order valence-electron chi connectivity index (χ3n) is 2.09. The molecule has 0 aromatic heterocycles. The lowest BCUT2D eigenvalue weighted by molar-refractivity contribution is -0.143. The van der Waals surface area contributed by atoms with Gasteiger partial charge in [0, 0.05) is 12.2 Å². The summed E-state index contributed by atoms with van der Waals surface area (Å²) in [5.41, 5.74) is 5.35. The molecule has 0 fully saturated rings. The molecule has 0 rings (SSSR count). The number of nitrogens with two attached hydrogens (primary N) is 1. The first-order valence-corrected chi connectivity index (χ1v) is 6.95. The largest absolute Gasteiger partial charge is 0.480 e. The second-order valence-electron chi connectivity index (χ2n) is 3.64. The number of thioether (sulfide) groups is 1. The van der Waals surface area contributed by atoms with Crippen molar-refractivity contribution >= 4 is 23.7 Å². The molecule has 6 heteroatoms. The van der Waals surface area contributed by atoms with Crippen LogP contribution in [0.5, 0.6) is 0 Å². The zero-order chi connectivity index (χ0) is 13.1. The van der Waals surface area contributed by atoms with E-state index in [1.807, 2.05) is 0 Å². The van der Waals surface area contributed by atoms with Gasteiger partial charge < -0.3 is 15.6 Å². The summed E-state index contributed by atoms with van der Waals surface area (Å²) in [6.07, 6.45) is 3.21. The fourth-order valence-corrected chi connectivity index (χ4v) is 2.14. The minimum atomic E-state index is -0.959. The summed E-state index contributed by atoms with van der Waals surface area (Å²) in [4.78, 5) is 21.4. The molecule has 0 aliphatic carbocycles. The summed E-state index contributed by atoms with van der Waals surface area (Å²) in [6, 6.07) is -0.778. The molecule has 100 valence electrons. The second-order valence-corrected chi connectivity index (χ2v) is 4.79. The van der Waals surface area contributed by atoms with Crippen molar-refractivity contribution in [1.29, 1.82) is 0 Å². The Labute approximate surface area is 106 Å². The van der Waals surface area contributed by atoms with Gasteiger partial charge in [0.15, 0.2) is 0 Å². The Balaban J connectivity index is 3.24. The predicted molar refractivity (Wildman–Crippen MR) is 68.0 cm³/mol. The van der Waals surface area contributed by atoms with Gasteiger partial charge in [-0.05, 0) is 25.5 Å². The predicted octanol–water partition coefficient (Wildman–Crippen LogP) is 1.25. The van der Waals surface area contributed by atoms with Gasteiger partial charge in [-0.2, -0.15) is 11.8 Å². The lowest BCUT2D eigenvalue weighted by atomic mass is 10.2. The number of carboxylic acids is 1. The first kappa shape index (κ1) is 16.2. The maximum absolute atomic E-state index is 11.0. The number of carbonyl (C=O) groups excluding carboxylic acids is 1. The lowest BCUT2D eigenvalue weighted by Crippen LogP contribution is -2.32. The maximum atomic E-state index is 11.0. The van der Waals surface area contributed by atoms with Crippen LogP contribution >= 0.6 is 11.8 Å². The molecule has 1 unspecified atom stereocenters. The van der Waals surface area contributed by atoms with Crippen LogP contribution in [0.4, 0.5) is 0 Å². The van der Waals surface area contributed by atoms with E-state index in [2.05, 4.69) is 0 Å². The van der Waals surface area contributed by atoms with Crippen LogP contribution in [-0.4, -0.2) is 41.2 Å². The molecule has 3 N–H and O–H groups in total. The average Bonchev–Trinajstić information content (AvgIpc) is 2.27. The highest BCUT2D eigenvalue weighted by molar-refractivity contribution is 7.99. The molecular formula is C11H21NO4S. The Hall–Kier alpha value is -0.750. The summed E-state index contributed by atoms with van der Waals surface area (Å²) in [5, 5.41) is 8.54. The minimum Gasteiger partial charge on any atom is -0.480 e. The van der Waals surface area contributed by atoms with Gasteiger partial charge in [0.25, 0.3) is 0 Å². The molecule has 0 aromatic carbocycles. The zero-order valence-electron chi connectivity index (χ0n) is 10.2. The monoisotopic (exact) mass is 263 g/mol. The summed E-state index contributed by atoms with van der Waals surface area (Å²) in [7, 11) is 0. The van der Waals surface area contributed by atoms with Crippen molar-refractivity contribution in [3.8, 4) is 0 Å². The molecule has 0 saturated carbocycles. The summed E-state index contributed by atoms with van der Waals surface area (Å²) >= 11 is 1.54. The van der Waals surface area contributed by atoms with E-state index >= 15 is 0 Å². The first-order chi connectivity index (χ1) is 8.07. The number of hydrogen-bond acceptors (Lipinski definition) is 5. The van der Waals surface area contributed by atoms with Gasteiger partial charge in [0.2, 0.25) is 0 Å². The van der Waals surface area contributed by atoms with E-state index in [1.165, 1.54) is 11.8 Å². The van der Waals surface area contributed by atoms with Gasteiger partial charge in [-0.15, -0.1) is 0 Å². The summed E-state index contributed by atoms with van der Waals surface area (Å²) < 4.78 is 4.80. The molecule has 0 bridgehead atoms. The molecule has 1 atom stereocenters. The van der Waals surface area contributed by atoms with Gasteiger partial charge in [0.1, 0.15) is 6.04 Å². The number of hydrogen-bond donors (Lipinski definition) is 2. The van der Waals surface area contributed by atoms with E-state index in [1.54, 1.807) is 6.92 Å². The standard InChI is InChI=1S/C11H21NO4S/c1-2-16-10(13)6-4-3-5-7-17-8-9(12)11(14)15/h9H,2-8,12H2,1H3,(H,14,15). The number of carbonyl (C=O) groups is 2. The van der Waals surface area contributed by atoms with Gasteiger partial charge >= 0.3 is 11.9 Å². The van der Waals surface area contributed by atoms with Gasteiger partial charge in [-0.1, -0.05) is 6.42 Å². The van der Waals surface area contributed by atoms with Crippen molar-refractivity contribution in [1.82, 2.24) is 0 Å². The first-order valence-electron chi connectivity index (χ1n) is 5.79. The number of esters is 1. The Morgan fingerprint density at radius 1 is 1.35 bits per heavy atom. The highest BCUT2D eigenvalue weighted by atomic mass is 32.2. The maximum Gasteiger partial charge on any atom is 0.321 e. The molecule has 0 aliphatic heterocycles. The molecule has 5 nitrogen and oxygen atoms in total. The molecule has 0 aliphatic rings. The molecular weight excluding hydrogens is 242 g/mol. The van der Waals surface area contributed by atoms with Crippen LogP contribution in [-0.2, 0) is 14.3 Å². The second kappa shape index (κ2) is 10.4. The molecule has 0 spiro atoms. The van der Waals surface area contributed by atoms with Crippen LogP contribution < -0.4 is 5.73 Å². The molecule has 0 amide bonds. The Morgan fingerprint density at radius 3 is 2.65 bits per heavy atom. The lowest BCUT2D eigenvalue weighted by Gasteiger charge is -2.05. The van der Waals surface area contributed by atoms with Gasteiger partial charge in [-0.3, -0.25) is 9.59 Å². The van der Waals surface area contributed by atoms with E-state index < -0.39 is 12.0 Å². The Bertz CT molecular complexity index is 236. The number of unbranched alkanes of at least 4 members (excludes halogenated alkanes) is 2. The SMILES string of the molecule is CCOC(=O)CCCCCSCC(N)C(=O)O. The molecule has 0 radical (unpaired) electrons. The smallest absolute Gasteiger partial charge is 0.321 e. The van der Waals surface area contributed by atoms with Crippen molar-refractivity contribution in [3.05, 3.63) is 0 Å². The quantitative estimate of drug-likeness (QED) is 0.455. The Kier molecular flexibility index (Phi) is 9.95. The summed E-state index contributed by atoms with van der Waals surface area (Å²) in [5.74, 6) is 0.213. The van der Waals surface area contributed by atoms with Gasteiger partial charge in [-0.25, -0.2) is 0 Å². The van der Waals surface area contributed by atoms with E-state index in [0.29, 0.717) is 18.8 Å². The number of carboxylic acid groups (broad SMARTS) is 1. The molecule has 0 heterocycles. The van der Waals surface area contributed by atoms with Crippen molar-refractivity contribution in [2.75, 3.05) is 18.1 Å².